The van der Waals surface area contributed by atoms with Crippen LogP contribution in [0.2, 0.25) is 0 Å². The van der Waals surface area contributed by atoms with Crippen molar-refractivity contribution in [2.24, 2.45) is 11.8 Å². The second-order valence-corrected chi connectivity index (χ2v) is 5.27. The molecule has 1 aliphatic carbocycles. The van der Waals surface area contributed by atoms with Crippen molar-refractivity contribution in [3.05, 3.63) is 0 Å². The number of carbonyl (C=O) groups excluding carboxylic acids is 1. The maximum atomic E-state index is 12.2. The van der Waals surface area contributed by atoms with E-state index in [1.54, 1.807) is 0 Å². The van der Waals surface area contributed by atoms with E-state index in [0.29, 0.717) is 23.8 Å². The Kier molecular flexibility index (Phi) is 4.62. The van der Waals surface area contributed by atoms with Crippen LogP contribution in [0.1, 0.15) is 53.4 Å². The molecule has 2 nitrogen and oxygen atoms in total. The van der Waals surface area contributed by atoms with Crippen molar-refractivity contribution in [2.75, 3.05) is 6.54 Å². The summed E-state index contributed by atoms with van der Waals surface area (Å²) in [6.45, 7) is 9.61. The molecule has 15 heavy (non-hydrogen) atoms. The largest absolute Gasteiger partial charge is 0.340 e. The third-order valence-corrected chi connectivity index (χ3v) is 3.42. The predicted molar refractivity (Wildman–Crippen MR) is 63.6 cm³/mol. The molecular formula is C13H25NO. The molecule has 1 aliphatic rings. The van der Waals surface area contributed by atoms with Crippen LogP contribution in [-0.4, -0.2) is 23.4 Å². The summed E-state index contributed by atoms with van der Waals surface area (Å²) in [4.78, 5) is 14.3. The van der Waals surface area contributed by atoms with Gasteiger partial charge >= 0.3 is 0 Å². The standard InChI is InChI=1S/C13H25NO/c1-5-11(4)14(9-10(2)3)13(15)12-7-6-8-12/h10-12H,5-9H2,1-4H3. The topological polar surface area (TPSA) is 20.3 Å². The molecular weight excluding hydrogens is 186 g/mol. The summed E-state index contributed by atoms with van der Waals surface area (Å²) in [6.07, 6.45) is 4.53. The van der Waals surface area contributed by atoms with Crippen LogP contribution in [0.3, 0.4) is 0 Å². The van der Waals surface area contributed by atoms with Gasteiger partial charge in [0.15, 0.2) is 0 Å². The highest BCUT2D eigenvalue weighted by Gasteiger charge is 2.31. The van der Waals surface area contributed by atoms with E-state index in [4.69, 9.17) is 0 Å². The van der Waals surface area contributed by atoms with Gasteiger partial charge in [-0.2, -0.15) is 0 Å². The van der Waals surface area contributed by atoms with Crippen LogP contribution in [-0.2, 0) is 4.79 Å². The second-order valence-electron chi connectivity index (χ2n) is 5.27. The lowest BCUT2D eigenvalue weighted by molar-refractivity contribution is -0.141. The van der Waals surface area contributed by atoms with E-state index in [-0.39, 0.29) is 0 Å². The molecule has 0 radical (unpaired) electrons. The van der Waals surface area contributed by atoms with Gasteiger partial charge in [-0.1, -0.05) is 27.2 Å². The Morgan fingerprint density at radius 2 is 1.93 bits per heavy atom. The van der Waals surface area contributed by atoms with Crippen molar-refractivity contribution in [3.8, 4) is 0 Å². The van der Waals surface area contributed by atoms with Crippen LogP contribution in [0.15, 0.2) is 0 Å². The van der Waals surface area contributed by atoms with E-state index in [1.807, 2.05) is 0 Å². The number of hydrogen-bond donors (Lipinski definition) is 0. The van der Waals surface area contributed by atoms with E-state index in [1.165, 1.54) is 6.42 Å². The zero-order chi connectivity index (χ0) is 11.4. The number of rotatable bonds is 5. The molecule has 1 amide bonds. The zero-order valence-electron chi connectivity index (χ0n) is 10.6. The number of nitrogens with zero attached hydrogens (tertiary/aromatic N) is 1. The molecule has 0 saturated heterocycles. The van der Waals surface area contributed by atoms with Gasteiger partial charge in [-0.05, 0) is 32.1 Å². The van der Waals surface area contributed by atoms with Crippen LogP contribution >= 0.6 is 0 Å². The Labute approximate surface area is 94.0 Å². The molecule has 0 spiro atoms. The lowest BCUT2D eigenvalue weighted by atomic mass is 9.84. The summed E-state index contributed by atoms with van der Waals surface area (Å²) >= 11 is 0. The minimum Gasteiger partial charge on any atom is -0.340 e. The van der Waals surface area contributed by atoms with Gasteiger partial charge in [-0.25, -0.2) is 0 Å². The Morgan fingerprint density at radius 1 is 1.33 bits per heavy atom. The molecule has 1 fully saturated rings. The van der Waals surface area contributed by atoms with Gasteiger partial charge in [0.25, 0.3) is 0 Å². The smallest absolute Gasteiger partial charge is 0.225 e. The molecule has 88 valence electrons. The van der Waals surface area contributed by atoms with Crippen molar-refractivity contribution < 1.29 is 4.79 Å². The number of carbonyl (C=O) groups is 1. The van der Waals surface area contributed by atoms with Gasteiger partial charge in [0.1, 0.15) is 0 Å². The summed E-state index contributed by atoms with van der Waals surface area (Å²) in [5.41, 5.74) is 0. The first-order valence-corrected chi connectivity index (χ1v) is 6.36. The molecule has 0 heterocycles. The fourth-order valence-electron chi connectivity index (χ4n) is 1.99. The molecule has 1 saturated carbocycles. The highest BCUT2D eigenvalue weighted by Crippen LogP contribution is 2.29. The maximum Gasteiger partial charge on any atom is 0.225 e. The van der Waals surface area contributed by atoms with Crippen LogP contribution in [0.4, 0.5) is 0 Å². The summed E-state index contributed by atoms with van der Waals surface area (Å²) in [6, 6.07) is 0.403. The van der Waals surface area contributed by atoms with Gasteiger partial charge in [-0.15, -0.1) is 0 Å². The second kappa shape index (κ2) is 5.53. The molecule has 0 aromatic rings. The van der Waals surface area contributed by atoms with Gasteiger partial charge in [0.2, 0.25) is 5.91 Å². The molecule has 1 atom stereocenters. The van der Waals surface area contributed by atoms with E-state index >= 15 is 0 Å². The van der Waals surface area contributed by atoms with E-state index in [2.05, 4.69) is 32.6 Å². The highest BCUT2D eigenvalue weighted by atomic mass is 16.2. The lowest BCUT2D eigenvalue weighted by Gasteiger charge is -2.36. The van der Waals surface area contributed by atoms with Crippen molar-refractivity contribution in [1.82, 2.24) is 4.90 Å². The van der Waals surface area contributed by atoms with Crippen LogP contribution < -0.4 is 0 Å². The first kappa shape index (κ1) is 12.5. The van der Waals surface area contributed by atoms with Crippen LogP contribution in [0, 0.1) is 11.8 Å². The average Bonchev–Trinajstić information content (AvgIpc) is 2.09. The molecule has 0 aromatic heterocycles. The number of hydrogen-bond acceptors (Lipinski definition) is 1. The summed E-state index contributed by atoms with van der Waals surface area (Å²) in [5.74, 6) is 1.32. The zero-order valence-corrected chi connectivity index (χ0v) is 10.6. The monoisotopic (exact) mass is 211 g/mol. The van der Waals surface area contributed by atoms with E-state index < -0.39 is 0 Å². The van der Waals surface area contributed by atoms with Crippen molar-refractivity contribution in [3.63, 3.8) is 0 Å². The quantitative estimate of drug-likeness (QED) is 0.684. The van der Waals surface area contributed by atoms with Gasteiger partial charge in [0.05, 0.1) is 0 Å². The molecule has 0 aliphatic heterocycles. The third kappa shape index (κ3) is 3.22. The minimum atomic E-state index is 0.345. The summed E-state index contributed by atoms with van der Waals surface area (Å²) in [5, 5.41) is 0. The fraction of sp³-hybridized carbons (Fsp3) is 0.923. The Balaban J connectivity index is 2.57. The Morgan fingerprint density at radius 3 is 2.27 bits per heavy atom. The molecule has 0 aromatic carbocycles. The van der Waals surface area contributed by atoms with Crippen LogP contribution in [0.25, 0.3) is 0 Å². The molecule has 1 unspecified atom stereocenters. The van der Waals surface area contributed by atoms with Gasteiger partial charge < -0.3 is 4.90 Å². The lowest BCUT2D eigenvalue weighted by Crippen LogP contribution is -2.45. The average molecular weight is 211 g/mol. The first-order chi connectivity index (χ1) is 7.06. The van der Waals surface area contributed by atoms with Crippen LogP contribution in [0.5, 0.6) is 0 Å². The van der Waals surface area contributed by atoms with E-state index in [9.17, 15) is 4.79 Å². The number of amides is 1. The SMILES string of the molecule is CCC(C)N(CC(C)C)C(=O)C1CCC1. The van der Waals surface area contributed by atoms with Crippen molar-refractivity contribution in [1.29, 1.82) is 0 Å². The maximum absolute atomic E-state index is 12.2. The molecule has 1 rings (SSSR count). The van der Waals surface area contributed by atoms with Crippen molar-refractivity contribution >= 4 is 5.91 Å². The molecule has 0 bridgehead atoms. The predicted octanol–water partition coefficient (Wildman–Crippen LogP) is 3.07. The highest BCUT2D eigenvalue weighted by molar-refractivity contribution is 5.79. The van der Waals surface area contributed by atoms with E-state index in [0.717, 1.165) is 25.8 Å². The molecule has 2 heteroatoms. The third-order valence-electron chi connectivity index (χ3n) is 3.42. The Bertz CT molecular complexity index is 209. The van der Waals surface area contributed by atoms with Gasteiger partial charge in [-0.3, -0.25) is 4.79 Å². The fourth-order valence-corrected chi connectivity index (χ4v) is 1.99. The van der Waals surface area contributed by atoms with Gasteiger partial charge in [0, 0.05) is 18.5 Å². The first-order valence-electron chi connectivity index (χ1n) is 6.36. The minimum absolute atomic E-state index is 0.345. The normalized spacial score (nSPS) is 18.7. The summed E-state index contributed by atoms with van der Waals surface area (Å²) in [7, 11) is 0. The van der Waals surface area contributed by atoms with Crippen molar-refractivity contribution in [2.45, 2.75) is 59.4 Å². The molecule has 0 N–H and O–H groups in total. The Hall–Kier alpha value is -0.530. The summed E-state index contributed by atoms with van der Waals surface area (Å²) < 4.78 is 0.